The largest absolute Gasteiger partial charge is 0.389 e. The molecule has 0 aliphatic carbocycles. The normalized spacial score (nSPS) is 12.9. The van der Waals surface area contributed by atoms with Crippen molar-refractivity contribution in [3.63, 3.8) is 0 Å². The van der Waals surface area contributed by atoms with Crippen LogP contribution in [0.15, 0.2) is 18.5 Å². The predicted molar refractivity (Wildman–Crippen MR) is 64.1 cm³/mol. The van der Waals surface area contributed by atoms with Gasteiger partial charge in [0.1, 0.15) is 5.52 Å². The van der Waals surface area contributed by atoms with Crippen LogP contribution in [-0.2, 0) is 4.74 Å². The van der Waals surface area contributed by atoms with E-state index in [1.54, 1.807) is 24.0 Å². The molecule has 2 rings (SSSR count). The van der Waals surface area contributed by atoms with Crippen molar-refractivity contribution in [2.24, 2.45) is 0 Å². The first-order valence-corrected chi connectivity index (χ1v) is 5.42. The summed E-state index contributed by atoms with van der Waals surface area (Å²) in [6, 6.07) is 1.94. The number of rotatable bonds is 5. The van der Waals surface area contributed by atoms with Crippen LogP contribution < -0.4 is 5.32 Å². The summed E-state index contributed by atoms with van der Waals surface area (Å²) in [4.78, 5) is 4.23. The number of ether oxygens (including phenoxy) is 1. The Kier molecular flexibility index (Phi) is 3.55. The van der Waals surface area contributed by atoms with Crippen LogP contribution in [0.1, 0.15) is 5.69 Å². The van der Waals surface area contributed by atoms with Crippen molar-refractivity contribution in [2.45, 2.75) is 13.0 Å². The number of aliphatic hydroxyl groups excluding tert-OH is 1. The fraction of sp³-hybridized carbons (Fsp3) is 0.455. The summed E-state index contributed by atoms with van der Waals surface area (Å²) in [6.07, 6.45) is 2.91. The van der Waals surface area contributed by atoms with E-state index >= 15 is 0 Å². The molecule has 0 saturated carbocycles. The van der Waals surface area contributed by atoms with E-state index in [2.05, 4.69) is 15.4 Å². The Hall–Kier alpha value is -1.66. The maximum absolute atomic E-state index is 9.55. The molecule has 92 valence electrons. The smallest absolute Gasteiger partial charge is 0.152 e. The van der Waals surface area contributed by atoms with Crippen molar-refractivity contribution in [2.75, 3.05) is 25.6 Å². The van der Waals surface area contributed by atoms with Crippen LogP contribution in [0.25, 0.3) is 5.52 Å². The van der Waals surface area contributed by atoms with E-state index < -0.39 is 6.10 Å². The number of anilines is 1. The summed E-state index contributed by atoms with van der Waals surface area (Å²) in [5.74, 6) is 0.711. The van der Waals surface area contributed by atoms with Crippen molar-refractivity contribution in [1.29, 1.82) is 0 Å². The van der Waals surface area contributed by atoms with E-state index in [-0.39, 0.29) is 0 Å². The lowest BCUT2D eigenvalue weighted by molar-refractivity contribution is 0.0727. The number of aromatic nitrogens is 3. The maximum atomic E-state index is 9.55. The predicted octanol–water partition coefficient (Wildman–Crippen LogP) is 0.457. The first kappa shape index (κ1) is 11.8. The standard InChI is InChI=1S/C11H16N4O2/c1-8-5-10-11(12-3-4-15(10)14-8)13-6-9(16)7-17-2/h3-5,9,16H,6-7H2,1-2H3,(H,12,13). The van der Waals surface area contributed by atoms with E-state index in [9.17, 15) is 5.11 Å². The van der Waals surface area contributed by atoms with Crippen LogP contribution in [0.3, 0.4) is 0 Å². The number of fused-ring (bicyclic) bond motifs is 1. The number of hydrogen-bond acceptors (Lipinski definition) is 5. The van der Waals surface area contributed by atoms with Gasteiger partial charge in [0.15, 0.2) is 5.82 Å². The van der Waals surface area contributed by atoms with E-state index in [0.717, 1.165) is 11.2 Å². The molecule has 0 bridgehead atoms. The van der Waals surface area contributed by atoms with E-state index in [0.29, 0.717) is 19.0 Å². The first-order valence-electron chi connectivity index (χ1n) is 5.42. The molecule has 6 nitrogen and oxygen atoms in total. The zero-order valence-corrected chi connectivity index (χ0v) is 9.92. The van der Waals surface area contributed by atoms with Crippen LogP contribution in [0.2, 0.25) is 0 Å². The summed E-state index contributed by atoms with van der Waals surface area (Å²) in [5.41, 5.74) is 1.83. The minimum absolute atomic E-state index is 0.300. The lowest BCUT2D eigenvalue weighted by atomic mass is 10.3. The van der Waals surface area contributed by atoms with Crippen molar-refractivity contribution in [1.82, 2.24) is 14.6 Å². The molecule has 2 aromatic heterocycles. The van der Waals surface area contributed by atoms with Crippen LogP contribution >= 0.6 is 0 Å². The Morgan fingerprint density at radius 3 is 3.18 bits per heavy atom. The Morgan fingerprint density at radius 1 is 1.59 bits per heavy atom. The Balaban J connectivity index is 2.12. The summed E-state index contributed by atoms with van der Waals surface area (Å²) in [7, 11) is 1.56. The third-order valence-corrected chi connectivity index (χ3v) is 2.38. The molecule has 0 amide bonds. The fourth-order valence-corrected chi connectivity index (χ4v) is 1.65. The number of methoxy groups -OCH3 is 1. The average Bonchev–Trinajstić information content (AvgIpc) is 2.67. The molecule has 0 aliphatic rings. The fourth-order valence-electron chi connectivity index (χ4n) is 1.65. The van der Waals surface area contributed by atoms with Crippen molar-refractivity contribution in [3.05, 3.63) is 24.2 Å². The van der Waals surface area contributed by atoms with Gasteiger partial charge in [-0.15, -0.1) is 0 Å². The highest BCUT2D eigenvalue weighted by atomic mass is 16.5. The molecule has 0 aliphatic heterocycles. The quantitative estimate of drug-likeness (QED) is 0.789. The third kappa shape index (κ3) is 2.72. The summed E-state index contributed by atoms with van der Waals surface area (Å²) < 4.78 is 6.61. The van der Waals surface area contributed by atoms with Gasteiger partial charge in [0, 0.05) is 26.0 Å². The molecule has 17 heavy (non-hydrogen) atoms. The molecular weight excluding hydrogens is 220 g/mol. The topological polar surface area (TPSA) is 71.7 Å². The number of nitrogens with zero attached hydrogens (tertiary/aromatic N) is 3. The molecule has 1 atom stereocenters. The molecule has 2 aromatic rings. The van der Waals surface area contributed by atoms with Crippen molar-refractivity contribution >= 4 is 11.3 Å². The van der Waals surface area contributed by atoms with E-state index in [1.165, 1.54) is 0 Å². The zero-order chi connectivity index (χ0) is 12.3. The summed E-state index contributed by atoms with van der Waals surface area (Å²) >= 11 is 0. The molecule has 2 heterocycles. The van der Waals surface area contributed by atoms with Gasteiger partial charge in [0.2, 0.25) is 0 Å². The minimum Gasteiger partial charge on any atom is -0.389 e. The van der Waals surface area contributed by atoms with Gasteiger partial charge in [-0.2, -0.15) is 5.10 Å². The number of hydrogen-bond donors (Lipinski definition) is 2. The second-order valence-electron chi connectivity index (χ2n) is 3.88. The lowest BCUT2D eigenvalue weighted by Gasteiger charge is -2.11. The second-order valence-corrected chi connectivity index (χ2v) is 3.88. The third-order valence-electron chi connectivity index (χ3n) is 2.38. The van der Waals surface area contributed by atoms with Gasteiger partial charge in [0.05, 0.1) is 18.4 Å². The number of nitrogens with one attached hydrogen (secondary N) is 1. The molecule has 0 spiro atoms. The van der Waals surface area contributed by atoms with Crippen LogP contribution in [-0.4, -0.2) is 46.1 Å². The average molecular weight is 236 g/mol. The van der Waals surface area contributed by atoms with E-state index in [4.69, 9.17) is 4.74 Å². The van der Waals surface area contributed by atoms with Crippen LogP contribution in [0.5, 0.6) is 0 Å². The minimum atomic E-state index is -0.550. The lowest BCUT2D eigenvalue weighted by Crippen LogP contribution is -2.24. The molecule has 0 aromatic carbocycles. The van der Waals surface area contributed by atoms with Crippen LogP contribution in [0, 0.1) is 6.92 Å². The Labute approximate surface area is 99.2 Å². The molecule has 2 N–H and O–H groups in total. The maximum Gasteiger partial charge on any atom is 0.152 e. The summed E-state index contributed by atoms with van der Waals surface area (Å²) in [6.45, 7) is 2.62. The molecule has 0 radical (unpaired) electrons. The highest BCUT2D eigenvalue weighted by Gasteiger charge is 2.07. The van der Waals surface area contributed by atoms with Gasteiger partial charge in [-0.3, -0.25) is 0 Å². The zero-order valence-electron chi connectivity index (χ0n) is 9.92. The first-order chi connectivity index (χ1) is 8.20. The van der Waals surface area contributed by atoms with Gasteiger partial charge in [0.25, 0.3) is 0 Å². The number of aliphatic hydroxyl groups is 1. The van der Waals surface area contributed by atoms with E-state index in [1.807, 2.05) is 13.0 Å². The van der Waals surface area contributed by atoms with Gasteiger partial charge in [-0.05, 0) is 13.0 Å². The molecule has 1 unspecified atom stereocenters. The highest BCUT2D eigenvalue weighted by Crippen LogP contribution is 2.14. The molecular formula is C11H16N4O2. The molecule has 0 fully saturated rings. The highest BCUT2D eigenvalue weighted by molar-refractivity contribution is 5.67. The Bertz CT molecular complexity index is 497. The number of aryl methyl sites for hydroxylation is 1. The monoisotopic (exact) mass is 236 g/mol. The van der Waals surface area contributed by atoms with Crippen LogP contribution in [0.4, 0.5) is 5.82 Å². The molecule has 6 heteroatoms. The van der Waals surface area contributed by atoms with Crippen molar-refractivity contribution in [3.8, 4) is 0 Å². The second kappa shape index (κ2) is 5.11. The van der Waals surface area contributed by atoms with Gasteiger partial charge in [-0.1, -0.05) is 0 Å². The SMILES string of the molecule is COCC(O)CNc1nccn2nc(C)cc12. The van der Waals surface area contributed by atoms with Gasteiger partial charge >= 0.3 is 0 Å². The molecule has 0 saturated heterocycles. The summed E-state index contributed by atoms with van der Waals surface area (Å²) in [5, 5.41) is 16.9. The van der Waals surface area contributed by atoms with Gasteiger partial charge in [-0.25, -0.2) is 9.50 Å². The van der Waals surface area contributed by atoms with Gasteiger partial charge < -0.3 is 15.2 Å². The Morgan fingerprint density at radius 2 is 2.41 bits per heavy atom. The van der Waals surface area contributed by atoms with Crippen molar-refractivity contribution < 1.29 is 9.84 Å².